The van der Waals surface area contributed by atoms with Crippen molar-refractivity contribution in [2.24, 2.45) is 0 Å². The summed E-state index contributed by atoms with van der Waals surface area (Å²) in [6, 6.07) is 8.84. The number of nitrogens with one attached hydrogen (secondary N) is 3. The maximum atomic E-state index is 13.3. The van der Waals surface area contributed by atoms with Gasteiger partial charge in [-0.2, -0.15) is 4.98 Å². The Kier molecular flexibility index (Phi) is 13.1. The molecule has 0 bridgehead atoms. The second-order valence-electron chi connectivity index (χ2n) is 10.0. The van der Waals surface area contributed by atoms with E-state index in [-0.39, 0.29) is 17.6 Å². The summed E-state index contributed by atoms with van der Waals surface area (Å²) in [6.07, 6.45) is 8.11. The molecule has 0 saturated heterocycles. The molecule has 0 saturated carbocycles. The molecule has 12 heteroatoms. The van der Waals surface area contributed by atoms with Crippen molar-refractivity contribution in [2.45, 2.75) is 32.2 Å². The SMILES string of the molecule is CC[C@@H](C(=O)NCCCC#Cc1cnc(Nc2ccc(F)cc2)nc1Nc1ccc(OC)nc1)N(C)C(=O)/C=C/CN(C)C. The molecule has 1 aromatic carbocycles. The fourth-order valence-electron chi connectivity index (χ4n) is 3.94. The highest BCUT2D eigenvalue weighted by molar-refractivity contribution is 5.92. The molecule has 0 aliphatic heterocycles. The second kappa shape index (κ2) is 17.2. The number of hydrogen-bond acceptors (Lipinski definition) is 9. The van der Waals surface area contributed by atoms with Gasteiger partial charge in [0, 0.05) is 44.4 Å². The first-order valence-corrected chi connectivity index (χ1v) is 14.2. The second-order valence-corrected chi connectivity index (χ2v) is 10.0. The molecule has 2 heterocycles. The minimum absolute atomic E-state index is 0.199. The Hall–Kier alpha value is -5.02. The number of hydrogen-bond donors (Lipinski definition) is 3. The normalized spacial score (nSPS) is 11.4. The Bertz CT molecular complexity index is 1470. The maximum absolute atomic E-state index is 13.3. The lowest BCUT2D eigenvalue weighted by molar-refractivity contribution is -0.135. The zero-order valence-electron chi connectivity index (χ0n) is 25.7. The van der Waals surface area contributed by atoms with Crippen molar-refractivity contribution >= 4 is 35.0 Å². The van der Waals surface area contributed by atoms with Crippen LogP contribution in [0.5, 0.6) is 5.88 Å². The number of carbonyl (C=O) groups excluding carboxylic acids is 2. The van der Waals surface area contributed by atoms with E-state index in [2.05, 4.69) is 42.7 Å². The number of carbonyl (C=O) groups is 2. The third-order valence-electron chi connectivity index (χ3n) is 6.33. The molecule has 232 valence electrons. The molecule has 44 heavy (non-hydrogen) atoms. The lowest BCUT2D eigenvalue weighted by atomic mass is 10.1. The van der Waals surface area contributed by atoms with Gasteiger partial charge < -0.3 is 30.5 Å². The van der Waals surface area contributed by atoms with Crippen LogP contribution in [0.4, 0.5) is 27.5 Å². The van der Waals surface area contributed by atoms with Crippen molar-refractivity contribution in [3.63, 3.8) is 0 Å². The molecule has 2 amide bonds. The molecular formula is C32H39FN8O3. The Balaban J connectivity index is 1.61. The minimum Gasteiger partial charge on any atom is -0.481 e. The number of rotatable bonds is 14. The summed E-state index contributed by atoms with van der Waals surface area (Å²) < 4.78 is 18.4. The summed E-state index contributed by atoms with van der Waals surface area (Å²) >= 11 is 0. The molecule has 0 unspecified atom stereocenters. The van der Waals surface area contributed by atoms with E-state index in [4.69, 9.17) is 4.74 Å². The van der Waals surface area contributed by atoms with Crippen LogP contribution in [0.1, 0.15) is 31.7 Å². The number of nitrogens with zero attached hydrogens (tertiary/aromatic N) is 5. The van der Waals surface area contributed by atoms with Crippen LogP contribution in [0.2, 0.25) is 0 Å². The van der Waals surface area contributed by atoms with Gasteiger partial charge in [0.2, 0.25) is 23.6 Å². The number of pyridine rings is 1. The van der Waals surface area contributed by atoms with Crippen LogP contribution in [-0.2, 0) is 9.59 Å². The highest BCUT2D eigenvalue weighted by Crippen LogP contribution is 2.22. The molecule has 0 radical (unpaired) electrons. The first-order chi connectivity index (χ1) is 21.2. The molecule has 1 atom stereocenters. The minimum atomic E-state index is -0.558. The highest BCUT2D eigenvalue weighted by atomic mass is 19.1. The van der Waals surface area contributed by atoms with Gasteiger partial charge in [-0.15, -0.1) is 0 Å². The van der Waals surface area contributed by atoms with E-state index in [0.29, 0.717) is 66.9 Å². The van der Waals surface area contributed by atoms with Crippen molar-refractivity contribution in [1.82, 2.24) is 30.1 Å². The fraction of sp³-hybridized carbons (Fsp3) is 0.344. The molecule has 3 N–H and O–H groups in total. The summed E-state index contributed by atoms with van der Waals surface area (Å²) in [4.78, 5) is 41.8. The van der Waals surface area contributed by atoms with Crippen molar-refractivity contribution < 1.29 is 18.7 Å². The van der Waals surface area contributed by atoms with Gasteiger partial charge >= 0.3 is 0 Å². The highest BCUT2D eigenvalue weighted by Gasteiger charge is 2.23. The zero-order chi connectivity index (χ0) is 31.9. The monoisotopic (exact) mass is 602 g/mol. The largest absolute Gasteiger partial charge is 0.481 e. The number of ether oxygens (including phenoxy) is 1. The molecule has 0 fully saturated rings. The van der Waals surface area contributed by atoms with Gasteiger partial charge in [-0.1, -0.05) is 24.8 Å². The van der Waals surface area contributed by atoms with Gasteiger partial charge in [0.25, 0.3) is 0 Å². The summed E-state index contributed by atoms with van der Waals surface area (Å²) in [5, 5.41) is 9.18. The Morgan fingerprint density at radius 3 is 2.45 bits per heavy atom. The van der Waals surface area contributed by atoms with E-state index >= 15 is 0 Å². The first kappa shape index (κ1) is 33.5. The molecule has 2 aromatic heterocycles. The van der Waals surface area contributed by atoms with E-state index in [0.717, 1.165) is 0 Å². The van der Waals surface area contributed by atoms with Crippen molar-refractivity contribution in [2.75, 3.05) is 52.0 Å². The summed E-state index contributed by atoms with van der Waals surface area (Å²) in [5.41, 5.74) is 1.86. The number of unbranched alkanes of at least 4 members (excludes halogenated alkanes) is 1. The third-order valence-corrected chi connectivity index (χ3v) is 6.33. The van der Waals surface area contributed by atoms with Crippen molar-refractivity contribution in [1.29, 1.82) is 0 Å². The molecule has 11 nitrogen and oxygen atoms in total. The van der Waals surface area contributed by atoms with Gasteiger partial charge in [-0.25, -0.2) is 14.4 Å². The third kappa shape index (κ3) is 10.7. The van der Waals surface area contributed by atoms with Crippen LogP contribution in [0.15, 0.2) is 60.9 Å². The summed E-state index contributed by atoms with van der Waals surface area (Å²) in [5.74, 6) is 6.70. The molecular weight excluding hydrogens is 563 g/mol. The number of anilines is 4. The standard InChI is InChI=1S/C32H39FN8O3/c1-6-27(41(4)29(42)12-10-20-40(2)3)31(43)34-19-9-7-8-11-23-21-36-32(38-25-15-13-24(33)14-16-25)39-30(23)37-26-17-18-28(44-5)35-22-26/h10,12-18,21-22,27H,6-7,9,19-20H2,1-5H3,(H,34,43)(H2,36,37,38,39)/b12-10+/t27-/m0/s1. The van der Waals surface area contributed by atoms with E-state index in [1.807, 2.05) is 25.9 Å². The smallest absolute Gasteiger partial charge is 0.246 e. The van der Waals surface area contributed by atoms with Crippen LogP contribution in [0.3, 0.4) is 0 Å². The Morgan fingerprint density at radius 1 is 1.05 bits per heavy atom. The Morgan fingerprint density at radius 2 is 1.80 bits per heavy atom. The summed E-state index contributed by atoms with van der Waals surface area (Å²) in [7, 11) is 7.01. The van der Waals surface area contributed by atoms with Gasteiger partial charge in [-0.05, 0) is 57.3 Å². The number of benzene rings is 1. The number of halogens is 1. The van der Waals surface area contributed by atoms with Crippen LogP contribution in [0.25, 0.3) is 0 Å². The van der Waals surface area contributed by atoms with Crippen molar-refractivity contribution in [3.8, 4) is 17.7 Å². The number of methoxy groups -OCH3 is 1. The van der Waals surface area contributed by atoms with Gasteiger partial charge in [0.1, 0.15) is 11.9 Å². The maximum Gasteiger partial charge on any atom is 0.246 e. The molecule has 0 aliphatic rings. The van der Waals surface area contributed by atoms with E-state index in [1.165, 1.54) is 23.1 Å². The van der Waals surface area contributed by atoms with E-state index in [1.54, 1.807) is 56.9 Å². The molecule has 0 aliphatic carbocycles. The van der Waals surface area contributed by atoms with Gasteiger partial charge in [0.15, 0.2) is 5.82 Å². The quantitative estimate of drug-likeness (QED) is 0.142. The van der Waals surface area contributed by atoms with Crippen molar-refractivity contribution in [3.05, 3.63) is 72.3 Å². The number of amides is 2. The zero-order valence-corrected chi connectivity index (χ0v) is 25.7. The van der Waals surface area contributed by atoms with Gasteiger partial charge in [0.05, 0.1) is 30.8 Å². The lowest BCUT2D eigenvalue weighted by Gasteiger charge is -2.25. The number of aromatic nitrogens is 3. The summed E-state index contributed by atoms with van der Waals surface area (Å²) in [6.45, 7) is 2.93. The number of likely N-dealkylation sites (N-methyl/N-ethyl adjacent to an activating group) is 2. The Labute approximate surface area is 257 Å². The fourth-order valence-corrected chi connectivity index (χ4v) is 3.94. The molecule has 3 aromatic rings. The lowest BCUT2D eigenvalue weighted by Crippen LogP contribution is -2.47. The molecule has 3 rings (SSSR count). The average Bonchev–Trinajstić information content (AvgIpc) is 3.01. The van der Waals surface area contributed by atoms with Crippen LogP contribution in [0, 0.1) is 17.7 Å². The average molecular weight is 603 g/mol. The predicted molar refractivity (Wildman–Crippen MR) is 169 cm³/mol. The first-order valence-electron chi connectivity index (χ1n) is 14.2. The van der Waals surface area contributed by atoms with Crippen LogP contribution < -0.4 is 20.7 Å². The topological polar surface area (TPSA) is 125 Å². The molecule has 0 spiro atoms. The predicted octanol–water partition coefficient (Wildman–Crippen LogP) is 4.11. The van der Waals surface area contributed by atoms with E-state index < -0.39 is 6.04 Å². The van der Waals surface area contributed by atoms with Gasteiger partial charge in [-0.3, -0.25) is 9.59 Å². The van der Waals surface area contributed by atoms with E-state index in [9.17, 15) is 14.0 Å². The van der Waals surface area contributed by atoms with Crippen LogP contribution in [-0.4, -0.2) is 84.0 Å². The van der Waals surface area contributed by atoms with Crippen LogP contribution >= 0.6 is 0 Å².